The molecule has 0 amide bonds. The van der Waals surface area contributed by atoms with E-state index in [2.05, 4.69) is 15.0 Å². The lowest BCUT2D eigenvalue weighted by Crippen LogP contribution is -2.13. The molecule has 0 radical (unpaired) electrons. The monoisotopic (exact) mass is 314 g/mol. The van der Waals surface area contributed by atoms with E-state index >= 15 is 0 Å². The van der Waals surface area contributed by atoms with E-state index in [0.717, 1.165) is 17.4 Å². The lowest BCUT2D eigenvalue weighted by molar-refractivity contribution is -0.384. The number of nitrogens with zero attached hydrogens (tertiary/aromatic N) is 2. The zero-order valence-electron chi connectivity index (χ0n) is 10.2. The number of rotatable bonds is 5. The highest BCUT2D eigenvalue weighted by Crippen LogP contribution is 2.28. The van der Waals surface area contributed by atoms with Gasteiger partial charge in [-0.25, -0.2) is 13.4 Å². The molecule has 0 fully saturated rings. The maximum atomic E-state index is 12.1. The Morgan fingerprint density at radius 1 is 1.40 bits per heavy atom. The molecule has 0 saturated heterocycles. The van der Waals surface area contributed by atoms with Crippen molar-refractivity contribution in [1.82, 2.24) is 4.98 Å². The van der Waals surface area contributed by atoms with Crippen LogP contribution in [0.3, 0.4) is 0 Å². The Balaban J connectivity index is 2.42. The standard InChI is InChI=1S/C10H10N4O4S2/c1-11-8-3-2-7(6-9(8)14(15)16)20(17,18)13-10-12-4-5-19-10/h2-6,11H,1H3,(H,12,13). The number of sulfonamides is 1. The largest absolute Gasteiger partial charge is 0.383 e. The second-order valence-corrected chi connectivity index (χ2v) is 6.21. The molecule has 0 unspecified atom stereocenters. The third kappa shape index (κ3) is 2.86. The number of anilines is 2. The zero-order chi connectivity index (χ0) is 14.8. The van der Waals surface area contributed by atoms with E-state index in [4.69, 9.17) is 0 Å². The molecule has 1 aromatic carbocycles. The quantitative estimate of drug-likeness (QED) is 0.643. The number of hydrogen-bond donors (Lipinski definition) is 2. The molecule has 0 aliphatic rings. The van der Waals surface area contributed by atoms with Crippen LogP contribution in [0.5, 0.6) is 0 Å². The van der Waals surface area contributed by atoms with Crippen LogP contribution in [0.4, 0.5) is 16.5 Å². The second-order valence-electron chi connectivity index (χ2n) is 3.63. The highest BCUT2D eigenvalue weighted by Gasteiger charge is 2.21. The van der Waals surface area contributed by atoms with Gasteiger partial charge in [0.25, 0.3) is 15.7 Å². The number of aromatic nitrogens is 1. The number of nitro groups is 1. The van der Waals surface area contributed by atoms with E-state index in [9.17, 15) is 18.5 Å². The van der Waals surface area contributed by atoms with E-state index in [-0.39, 0.29) is 21.4 Å². The molecular formula is C10H10N4O4S2. The first-order valence-corrected chi connectivity index (χ1v) is 7.69. The van der Waals surface area contributed by atoms with Gasteiger partial charge in [-0.3, -0.25) is 14.8 Å². The molecule has 2 aromatic rings. The SMILES string of the molecule is CNc1ccc(S(=O)(=O)Nc2nccs2)cc1[N+](=O)[O-]. The smallest absolute Gasteiger partial charge is 0.293 e. The van der Waals surface area contributed by atoms with Crippen molar-refractivity contribution in [2.75, 3.05) is 17.1 Å². The zero-order valence-corrected chi connectivity index (χ0v) is 11.9. The van der Waals surface area contributed by atoms with Gasteiger partial charge in [0.15, 0.2) is 5.13 Å². The predicted octanol–water partition coefficient (Wildman–Crippen LogP) is 1.89. The molecule has 0 bridgehead atoms. The molecule has 1 heterocycles. The Bertz CT molecular complexity index is 728. The van der Waals surface area contributed by atoms with Crippen molar-refractivity contribution >= 4 is 37.9 Å². The maximum Gasteiger partial charge on any atom is 0.293 e. The van der Waals surface area contributed by atoms with Crippen LogP contribution in [0.1, 0.15) is 0 Å². The van der Waals surface area contributed by atoms with Gasteiger partial charge in [0.05, 0.1) is 9.82 Å². The van der Waals surface area contributed by atoms with Crippen molar-refractivity contribution in [2.24, 2.45) is 0 Å². The summed E-state index contributed by atoms with van der Waals surface area (Å²) in [5, 5.41) is 15.4. The molecule has 0 aliphatic carbocycles. The molecule has 1 aromatic heterocycles. The summed E-state index contributed by atoms with van der Waals surface area (Å²) < 4.78 is 26.4. The summed E-state index contributed by atoms with van der Waals surface area (Å²) >= 11 is 1.12. The summed E-state index contributed by atoms with van der Waals surface area (Å²) in [7, 11) is -2.38. The van der Waals surface area contributed by atoms with Crippen LogP contribution in [-0.4, -0.2) is 25.4 Å². The normalized spacial score (nSPS) is 11.1. The highest BCUT2D eigenvalue weighted by atomic mass is 32.2. The van der Waals surface area contributed by atoms with Crippen molar-refractivity contribution < 1.29 is 13.3 Å². The van der Waals surface area contributed by atoms with Crippen molar-refractivity contribution in [3.63, 3.8) is 0 Å². The lowest BCUT2D eigenvalue weighted by atomic mass is 10.3. The Morgan fingerprint density at radius 3 is 2.70 bits per heavy atom. The third-order valence-corrected chi connectivity index (χ3v) is 4.55. The molecular weight excluding hydrogens is 304 g/mol. The number of nitrogens with one attached hydrogen (secondary N) is 2. The number of hydrogen-bond acceptors (Lipinski definition) is 7. The van der Waals surface area contributed by atoms with Crippen LogP contribution >= 0.6 is 11.3 Å². The number of benzene rings is 1. The van der Waals surface area contributed by atoms with Crippen molar-refractivity contribution in [3.05, 3.63) is 39.9 Å². The Kier molecular flexibility index (Phi) is 3.86. The number of thiazole rings is 1. The average Bonchev–Trinajstić information content (AvgIpc) is 2.89. The molecule has 0 spiro atoms. The molecule has 2 rings (SSSR count). The van der Waals surface area contributed by atoms with Crippen molar-refractivity contribution in [2.45, 2.75) is 4.90 Å². The van der Waals surface area contributed by atoms with Gasteiger partial charge >= 0.3 is 0 Å². The predicted molar refractivity (Wildman–Crippen MR) is 75.6 cm³/mol. The Labute approximate surface area is 118 Å². The molecule has 0 aliphatic heterocycles. The minimum atomic E-state index is -3.90. The van der Waals surface area contributed by atoms with Crippen LogP contribution < -0.4 is 10.0 Å². The Hall–Kier alpha value is -2.20. The summed E-state index contributed by atoms with van der Waals surface area (Å²) in [5.41, 5.74) is -0.0716. The van der Waals surface area contributed by atoms with Crippen LogP contribution in [-0.2, 0) is 10.0 Å². The molecule has 0 atom stereocenters. The van der Waals surface area contributed by atoms with Gasteiger partial charge in [-0.1, -0.05) is 0 Å². The van der Waals surface area contributed by atoms with E-state index in [1.807, 2.05) is 0 Å². The maximum absolute atomic E-state index is 12.1. The van der Waals surface area contributed by atoms with Crippen molar-refractivity contribution in [3.8, 4) is 0 Å². The summed E-state index contributed by atoms with van der Waals surface area (Å²) in [6.45, 7) is 0. The van der Waals surface area contributed by atoms with E-state index < -0.39 is 14.9 Å². The van der Waals surface area contributed by atoms with Gasteiger partial charge in [-0.15, -0.1) is 11.3 Å². The first kappa shape index (κ1) is 14.2. The molecule has 106 valence electrons. The number of nitro benzene ring substituents is 1. The van der Waals surface area contributed by atoms with Crippen LogP contribution in [0.2, 0.25) is 0 Å². The average molecular weight is 314 g/mol. The fourth-order valence-electron chi connectivity index (χ4n) is 1.49. The summed E-state index contributed by atoms with van der Waals surface area (Å²) in [6.07, 6.45) is 1.45. The van der Waals surface area contributed by atoms with Crippen LogP contribution in [0.25, 0.3) is 0 Å². The van der Waals surface area contributed by atoms with E-state index in [1.54, 1.807) is 5.38 Å². The third-order valence-electron chi connectivity index (χ3n) is 2.40. The van der Waals surface area contributed by atoms with Crippen LogP contribution in [0.15, 0.2) is 34.7 Å². The first-order chi connectivity index (χ1) is 9.44. The lowest BCUT2D eigenvalue weighted by Gasteiger charge is -2.07. The van der Waals surface area contributed by atoms with Gasteiger partial charge in [-0.2, -0.15) is 0 Å². The van der Waals surface area contributed by atoms with Crippen molar-refractivity contribution in [1.29, 1.82) is 0 Å². The van der Waals surface area contributed by atoms with Gasteiger partial charge in [0, 0.05) is 24.7 Å². The molecule has 20 heavy (non-hydrogen) atoms. The van der Waals surface area contributed by atoms with Crippen LogP contribution in [0, 0.1) is 10.1 Å². The Morgan fingerprint density at radius 2 is 2.15 bits per heavy atom. The summed E-state index contributed by atoms with van der Waals surface area (Å²) in [4.78, 5) is 13.9. The molecule has 2 N–H and O–H groups in total. The molecule has 8 nitrogen and oxygen atoms in total. The summed E-state index contributed by atoms with van der Waals surface area (Å²) in [5.74, 6) is 0. The highest BCUT2D eigenvalue weighted by molar-refractivity contribution is 7.93. The topological polar surface area (TPSA) is 114 Å². The summed E-state index contributed by atoms with van der Waals surface area (Å²) in [6, 6.07) is 3.63. The van der Waals surface area contributed by atoms with Gasteiger partial charge < -0.3 is 5.32 Å². The van der Waals surface area contributed by atoms with E-state index in [0.29, 0.717) is 0 Å². The molecule has 10 heteroatoms. The fraction of sp³-hybridized carbons (Fsp3) is 0.100. The van der Waals surface area contributed by atoms with Gasteiger partial charge in [-0.05, 0) is 12.1 Å². The van der Waals surface area contributed by atoms with Gasteiger partial charge in [0.1, 0.15) is 5.69 Å². The van der Waals surface area contributed by atoms with E-state index in [1.165, 1.54) is 25.4 Å². The second kappa shape index (κ2) is 5.43. The first-order valence-electron chi connectivity index (χ1n) is 5.32. The minimum Gasteiger partial charge on any atom is -0.383 e. The fourth-order valence-corrected chi connectivity index (χ4v) is 3.30. The minimum absolute atomic E-state index is 0.196. The van der Waals surface area contributed by atoms with Gasteiger partial charge in [0.2, 0.25) is 0 Å². The molecule has 0 saturated carbocycles.